The van der Waals surface area contributed by atoms with E-state index >= 15 is 0 Å². The lowest BCUT2D eigenvalue weighted by Crippen LogP contribution is -2.13. The quantitative estimate of drug-likeness (QED) is 0.0340. The number of carboxylic acid groups (broad SMARTS) is 1. The van der Waals surface area contributed by atoms with Gasteiger partial charge < -0.3 is 20.1 Å². The molecule has 0 bridgehead atoms. The molecule has 0 aromatic carbocycles. The third-order valence-corrected chi connectivity index (χ3v) is 9.37. The summed E-state index contributed by atoms with van der Waals surface area (Å²) in [6, 6.07) is 0. The molecule has 0 aliphatic heterocycles. The molecule has 0 aromatic heterocycles. The molecule has 6 heteroatoms. The number of esters is 1. The molecular weight excluding hydrogens is 624 g/mol. The summed E-state index contributed by atoms with van der Waals surface area (Å²) in [5.74, 6) is -0.798. The van der Waals surface area contributed by atoms with Crippen molar-refractivity contribution in [2.24, 2.45) is 5.92 Å². The maximum Gasteiger partial charge on any atom is 0.306 e. The van der Waals surface area contributed by atoms with Crippen LogP contribution in [0.3, 0.4) is 0 Å². The van der Waals surface area contributed by atoms with Gasteiger partial charge in [-0.2, -0.15) is 0 Å². The van der Waals surface area contributed by atoms with Crippen LogP contribution >= 0.6 is 0 Å². The number of carbonyl (C=O) groups excluding carboxylic acids is 1. The van der Waals surface area contributed by atoms with Gasteiger partial charge in [0.1, 0.15) is 0 Å². The Morgan fingerprint density at radius 1 is 0.500 bits per heavy atom. The van der Waals surface area contributed by atoms with E-state index in [-0.39, 0.29) is 24.1 Å². The second kappa shape index (κ2) is 41.8. The molecule has 0 rings (SSSR count). The highest BCUT2D eigenvalue weighted by Crippen LogP contribution is 2.18. The Morgan fingerprint density at radius 3 is 1.42 bits per heavy atom. The average Bonchev–Trinajstić information content (AvgIpc) is 3.10. The van der Waals surface area contributed by atoms with Gasteiger partial charge >= 0.3 is 11.9 Å². The SMILES string of the molecule is CCCCCC[C@@H](O)C/C=C\CCCCCCC(CCCC)C(=O)O.CCCCCC[C@@H](O)C/C=C\CCCCCCCC(=O)OCCCC. The van der Waals surface area contributed by atoms with E-state index in [9.17, 15) is 24.9 Å². The maximum atomic E-state index is 11.4. The molecule has 0 fully saturated rings. The van der Waals surface area contributed by atoms with Crippen molar-refractivity contribution >= 4 is 11.9 Å². The highest BCUT2D eigenvalue weighted by atomic mass is 16.5. The molecule has 3 atom stereocenters. The number of rotatable bonds is 36. The molecule has 1 unspecified atom stereocenters. The molecule has 0 aromatic rings. The van der Waals surface area contributed by atoms with Crippen LogP contribution in [-0.4, -0.2) is 46.1 Å². The van der Waals surface area contributed by atoms with Gasteiger partial charge in [0.25, 0.3) is 0 Å². The Hall–Kier alpha value is -1.66. The number of hydrogen-bond donors (Lipinski definition) is 3. The predicted octanol–water partition coefficient (Wildman–Crippen LogP) is 12.8. The molecule has 3 N–H and O–H groups in total. The van der Waals surface area contributed by atoms with Crippen molar-refractivity contribution in [1.82, 2.24) is 0 Å². The van der Waals surface area contributed by atoms with E-state index in [1.165, 1.54) is 64.2 Å². The first-order chi connectivity index (χ1) is 24.3. The maximum absolute atomic E-state index is 11.4. The zero-order chi connectivity index (χ0) is 37.3. The van der Waals surface area contributed by atoms with E-state index in [2.05, 4.69) is 52.0 Å². The largest absolute Gasteiger partial charge is 0.481 e. The van der Waals surface area contributed by atoms with Gasteiger partial charge in [0.05, 0.1) is 24.7 Å². The summed E-state index contributed by atoms with van der Waals surface area (Å²) in [6.07, 6.45) is 40.2. The van der Waals surface area contributed by atoms with Crippen molar-refractivity contribution in [3.63, 3.8) is 0 Å². The fourth-order valence-corrected chi connectivity index (χ4v) is 5.90. The number of aliphatic hydroxyl groups is 2. The summed E-state index contributed by atoms with van der Waals surface area (Å²) < 4.78 is 5.14. The minimum absolute atomic E-state index is 0.0374. The molecule has 0 saturated heterocycles. The van der Waals surface area contributed by atoms with Crippen molar-refractivity contribution in [3.8, 4) is 0 Å². The Labute approximate surface area is 310 Å². The molecule has 0 aliphatic rings. The fourth-order valence-electron chi connectivity index (χ4n) is 5.90. The molecule has 0 heterocycles. The molecule has 0 radical (unpaired) electrons. The van der Waals surface area contributed by atoms with Gasteiger partial charge in [0.2, 0.25) is 0 Å². The Balaban J connectivity index is 0. The molecule has 0 aliphatic carbocycles. The lowest BCUT2D eigenvalue weighted by molar-refractivity contribution is -0.144. The van der Waals surface area contributed by atoms with Crippen molar-refractivity contribution in [1.29, 1.82) is 0 Å². The summed E-state index contributed by atoms with van der Waals surface area (Å²) in [5, 5.41) is 28.9. The predicted molar refractivity (Wildman–Crippen MR) is 214 cm³/mol. The highest BCUT2D eigenvalue weighted by Gasteiger charge is 2.15. The normalized spacial score (nSPS) is 13.3. The van der Waals surface area contributed by atoms with Crippen LogP contribution in [0, 0.1) is 5.92 Å². The van der Waals surface area contributed by atoms with Gasteiger partial charge in [-0.15, -0.1) is 0 Å². The first-order valence-electron chi connectivity index (χ1n) is 21.4. The summed E-state index contributed by atoms with van der Waals surface area (Å²) in [5.41, 5.74) is 0. The number of aliphatic carboxylic acids is 1. The number of unbranched alkanes of at least 4 members (excludes halogenated alkanes) is 17. The van der Waals surface area contributed by atoms with Crippen molar-refractivity contribution in [3.05, 3.63) is 24.3 Å². The Kier molecular flexibility index (Phi) is 42.1. The van der Waals surface area contributed by atoms with Crippen LogP contribution in [-0.2, 0) is 14.3 Å². The molecule has 0 saturated carbocycles. The minimum atomic E-state index is -0.621. The monoisotopic (exact) mass is 709 g/mol. The van der Waals surface area contributed by atoms with Crippen LogP contribution in [0.1, 0.15) is 220 Å². The molecule has 6 nitrogen and oxygen atoms in total. The lowest BCUT2D eigenvalue weighted by atomic mass is 9.95. The number of allylic oxidation sites excluding steroid dienone is 2. The molecule has 0 spiro atoms. The molecular formula is C44H84O6. The van der Waals surface area contributed by atoms with Crippen LogP contribution in [0.2, 0.25) is 0 Å². The summed E-state index contributed by atoms with van der Waals surface area (Å²) >= 11 is 0. The van der Waals surface area contributed by atoms with Crippen LogP contribution in [0.4, 0.5) is 0 Å². The first-order valence-corrected chi connectivity index (χ1v) is 21.4. The number of carboxylic acids is 1. The van der Waals surface area contributed by atoms with Crippen LogP contribution in [0.5, 0.6) is 0 Å². The summed E-state index contributed by atoms with van der Waals surface area (Å²) in [6.45, 7) is 9.20. The van der Waals surface area contributed by atoms with Gasteiger partial charge in [-0.05, 0) is 77.0 Å². The topological polar surface area (TPSA) is 104 Å². The number of hydrogen-bond acceptors (Lipinski definition) is 5. The Morgan fingerprint density at radius 2 is 0.920 bits per heavy atom. The van der Waals surface area contributed by atoms with Gasteiger partial charge in [0.15, 0.2) is 0 Å². The van der Waals surface area contributed by atoms with E-state index in [1.54, 1.807) is 0 Å². The third kappa shape index (κ3) is 40.8. The van der Waals surface area contributed by atoms with Gasteiger partial charge in [-0.3, -0.25) is 9.59 Å². The van der Waals surface area contributed by atoms with Crippen molar-refractivity contribution in [2.45, 2.75) is 233 Å². The van der Waals surface area contributed by atoms with Crippen molar-refractivity contribution < 1.29 is 29.6 Å². The standard InChI is InChI=1S/2C22H42O3/c1-3-5-7-14-17-21(23)18-15-12-10-8-9-11-13-16-19-22(24)25-20-6-4-2;1-3-5-7-14-18-21(23)19-15-12-10-8-9-11-13-17-20(22(24)25)16-6-4-2/h12,15,21,23H,3-11,13-14,16-20H2,1-2H3;12,15,20-21,23H,3-11,13-14,16-19H2,1-2H3,(H,24,25)/b2*15-12-/t21-;20?,21-/m11/s1. The second-order valence-corrected chi connectivity index (χ2v) is 14.5. The van der Waals surface area contributed by atoms with E-state index < -0.39 is 5.97 Å². The third-order valence-electron chi connectivity index (χ3n) is 9.37. The molecule has 0 amide bonds. The molecule has 50 heavy (non-hydrogen) atoms. The lowest BCUT2D eigenvalue weighted by Gasteiger charge is -2.11. The zero-order valence-corrected chi connectivity index (χ0v) is 33.5. The van der Waals surface area contributed by atoms with Gasteiger partial charge in [-0.25, -0.2) is 0 Å². The van der Waals surface area contributed by atoms with E-state index in [1.807, 2.05) is 0 Å². The highest BCUT2D eigenvalue weighted by molar-refractivity contribution is 5.69. The van der Waals surface area contributed by atoms with Crippen molar-refractivity contribution in [2.75, 3.05) is 6.61 Å². The van der Waals surface area contributed by atoms with Gasteiger partial charge in [-0.1, -0.05) is 161 Å². The smallest absolute Gasteiger partial charge is 0.306 e. The fraction of sp³-hybridized carbons (Fsp3) is 0.864. The van der Waals surface area contributed by atoms with E-state index in [4.69, 9.17) is 4.74 Å². The van der Waals surface area contributed by atoms with E-state index in [0.29, 0.717) is 13.0 Å². The first kappa shape index (κ1) is 50.4. The second-order valence-electron chi connectivity index (χ2n) is 14.5. The van der Waals surface area contributed by atoms with Gasteiger partial charge in [0, 0.05) is 6.42 Å². The summed E-state index contributed by atoms with van der Waals surface area (Å²) in [4.78, 5) is 22.6. The average molecular weight is 709 g/mol. The number of ether oxygens (including phenoxy) is 1. The molecule has 296 valence electrons. The van der Waals surface area contributed by atoms with Crippen LogP contribution < -0.4 is 0 Å². The van der Waals surface area contributed by atoms with Crippen LogP contribution in [0.25, 0.3) is 0 Å². The number of carbonyl (C=O) groups is 2. The van der Waals surface area contributed by atoms with E-state index in [0.717, 1.165) is 122 Å². The minimum Gasteiger partial charge on any atom is -0.481 e. The number of aliphatic hydroxyl groups excluding tert-OH is 2. The summed E-state index contributed by atoms with van der Waals surface area (Å²) in [7, 11) is 0. The Bertz CT molecular complexity index is 762. The van der Waals surface area contributed by atoms with Crippen LogP contribution in [0.15, 0.2) is 24.3 Å². The zero-order valence-electron chi connectivity index (χ0n) is 33.5.